The predicted molar refractivity (Wildman–Crippen MR) is 409 cm³/mol. The summed E-state index contributed by atoms with van der Waals surface area (Å²) in [6, 6.07) is 32.8. The fraction of sp³-hybridized carbons (Fsp3) is 0.367. The van der Waals surface area contributed by atoms with Crippen LogP contribution in [0.2, 0.25) is 0 Å². The summed E-state index contributed by atoms with van der Waals surface area (Å²) in [4.78, 5) is 109. The minimum Gasteiger partial charge on any atom is -1.00 e. The van der Waals surface area contributed by atoms with Crippen LogP contribution >= 0.6 is 12.4 Å². The van der Waals surface area contributed by atoms with E-state index in [1.165, 1.54) is 29.2 Å². The molecule has 4 aromatic carbocycles. The second kappa shape index (κ2) is 37.3. The molecule has 106 heavy (non-hydrogen) atoms. The van der Waals surface area contributed by atoms with Crippen LogP contribution in [-0.4, -0.2) is 193 Å². The predicted octanol–water partition coefficient (Wildman–Crippen LogP) is 6.03. The van der Waals surface area contributed by atoms with E-state index < -0.39 is 17.8 Å². The number of fused-ring (bicyclic) bond motifs is 4. The lowest BCUT2D eigenvalue weighted by Gasteiger charge is -2.27. The number of hydrogen-bond acceptors (Lipinski definition) is 20. The third-order valence-electron chi connectivity index (χ3n) is 18.3. The van der Waals surface area contributed by atoms with Gasteiger partial charge in [0.2, 0.25) is 10.7 Å². The zero-order chi connectivity index (χ0) is 75.2. The SMILES string of the molecule is CCN(CCCC(=O)CCCN1C(=O)C=CC1=O)c1cc(OC)c(-c2c3ccc(=[N+](C)C)cc-3oc3cc(N(C)C)ccc23)cc1OC.CCN(CCCC(=O)ON1C(=O)CCC1=O)c1cc(OC)c(-c2c3ccc(=[N+](C)C)cc-3oc3cc(N(C)C)ccc23)cc1OC.Cl.NCCN1C(=O)C=CC1=O.[Cl-]. The number of nitrogens with zero attached hydrogens (tertiary/aromatic N) is 9. The summed E-state index contributed by atoms with van der Waals surface area (Å²) in [6.07, 6.45) is 7.48. The maximum atomic E-state index is 12.7. The number of amides is 6. The highest BCUT2D eigenvalue weighted by molar-refractivity contribution is 6.14. The Balaban J connectivity index is 0.000000257. The standard InChI is InChI=1S/C38H45N4O6.C35H41N4O7.C6H8N2O2.2ClH/c1-8-41(19-9-11-27(43)12-10-20-42-36(44)17-18-37(42)45)31-24-32(46-6)30(23-35(31)47-7)38-28-15-13-25(39(2)3)21-33(28)48-34-22-26(40(4)5)14-16-29(34)38;1-8-38(17-9-10-34(42)46-39-32(40)15-16-33(39)41)27-21-28(43-6)26(20-31(27)44-7)35-24-13-11-22(36(2)3)18-29(24)45-30-19-23(37(4)5)12-14-25(30)35;7-3-4-8-5(9)1-2-6(8)10;;/h13-18,21-24H,8-12,19-20H2,1-7H3;11-14,18-21H,8-10,15-17H2,1-7H3;1-2H,3-4,7H2;2*1H/q2*+1;;;/p-1. The molecule has 4 aromatic rings. The molecular formula is C79H95Cl2N10O15+. The van der Waals surface area contributed by atoms with Gasteiger partial charge in [-0.3, -0.25) is 43.4 Å². The summed E-state index contributed by atoms with van der Waals surface area (Å²) in [7, 11) is 22.7. The third-order valence-corrected chi connectivity index (χ3v) is 18.3. The van der Waals surface area contributed by atoms with Gasteiger partial charge in [-0.05, 0) is 81.6 Å². The first kappa shape index (κ1) is 82.5. The highest BCUT2D eigenvalue weighted by atomic mass is 35.5. The van der Waals surface area contributed by atoms with Gasteiger partial charge < -0.3 is 70.4 Å². The molecule has 6 amide bonds. The molecule has 25 nitrogen and oxygen atoms in total. The molecule has 2 N–H and O–H groups in total. The second-order valence-corrected chi connectivity index (χ2v) is 25.9. The van der Waals surface area contributed by atoms with Crippen LogP contribution in [-0.2, 0) is 43.2 Å². The fourth-order valence-electron chi connectivity index (χ4n) is 12.7. The third kappa shape index (κ3) is 18.8. The lowest BCUT2D eigenvalue weighted by atomic mass is 9.92. The van der Waals surface area contributed by atoms with Crippen molar-refractivity contribution >= 4 is 104 Å². The summed E-state index contributed by atoms with van der Waals surface area (Å²) in [5.41, 5.74) is 16.0. The minimum absolute atomic E-state index is 0. The number of ketones is 1. The minimum atomic E-state index is -0.623. The van der Waals surface area contributed by atoms with Gasteiger partial charge in [-0.25, -0.2) is 13.9 Å². The number of benzene rings is 6. The molecule has 5 heterocycles. The highest BCUT2D eigenvalue weighted by Crippen LogP contribution is 2.50. The second-order valence-electron chi connectivity index (χ2n) is 25.9. The van der Waals surface area contributed by atoms with Crippen molar-refractivity contribution in [1.29, 1.82) is 0 Å². The van der Waals surface area contributed by atoms with Gasteiger partial charge >= 0.3 is 5.97 Å². The van der Waals surface area contributed by atoms with Crippen LogP contribution in [0.3, 0.4) is 0 Å². The number of carbonyl (C=O) groups is 8. The van der Waals surface area contributed by atoms with E-state index >= 15 is 0 Å². The van der Waals surface area contributed by atoms with Gasteiger partial charge in [0.15, 0.2) is 0 Å². The van der Waals surface area contributed by atoms with Crippen LogP contribution < -0.4 is 76.6 Å². The monoisotopic (exact) mass is 1490 g/mol. The molecule has 564 valence electrons. The molecular weight excluding hydrogens is 1400 g/mol. The molecule has 0 unspecified atom stereocenters. The molecule has 0 aromatic heterocycles. The zero-order valence-corrected chi connectivity index (χ0v) is 64.2. The number of hydrogen-bond donors (Lipinski definition) is 1. The van der Waals surface area contributed by atoms with Crippen molar-refractivity contribution in [2.45, 2.75) is 65.2 Å². The molecule has 0 radical (unpaired) electrons. The van der Waals surface area contributed by atoms with E-state index in [4.69, 9.17) is 38.4 Å². The number of hydroxylamine groups is 2. The first-order valence-electron chi connectivity index (χ1n) is 34.6. The van der Waals surface area contributed by atoms with Crippen LogP contribution in [0.15, 0.2) is 130 Å². The molecule has 1 fully saturated rings. The quantitative estimate of drug-likeness (QED) is 0.0350. The average molecular weight is 1500 g/mol. The Bertz CT molecular complexity index is 4690. The first-order valence-corrected chi connectivity index (χ1v) is 34.6. The first-order chi connectivity index (χ1) is 49.9. The average Bonchev–Trinajstić information content (AvgIpc) is 0.787. The van der Waals surface area contributed by atoms with Crippen molar-refractivity contribution < 1.29 is 83.4 Å². The van der Waals surface area contributed by atoms with E-state index in [2.05, 4.69) is 86.9 Å². The van der Waals surface area contributed by atoms with E-state index in [1.54, 1.807) is 28.4 Å². The van der Waals surface area contributed by atoms with Gasteiger partial charge in [-0.15, -0.1) is 17.5 Å². The molecule has 7 aliphatic rings. The number of methoxy groups -OCH3 is 4. The molecule has 1 saturated heterocycles. The van der Waals surface area contributed by atoms with Crippen molar-refractivity contribution in [3.05, 3.63) is 132 Å². The van der Waals surface area contributed by atoms with Crippen LogP contribution in [0.25, 0.3) is 66.8 Å². The van der Waals surface area contributed by atoms with Gasteiger partial charge in [-0.2, -0.15) is 0 Å². The Morgan fingerprint density at radius 3 is 1.27 bits per heavy atom. The van der Waals surface area contributed by atoms with Crippen LogP contribution in [0.1, 0.15) is 65.2 Å². The topological polar surface area (TPSA) is 264 Å². The number of imide groups is 3. The van der Waals surface area contributed by atoms with Crippen molar-refractivity contribution in [2.75, 3.05) is 150 Å². The van der Waals surface area contributed by atoms with E-state index in [1.807, 2.05) is 109 Å². The number of anilines is 4. The van der Waals surface area contributed by atoms with Gasteiger partial charge in [0, 0.05) is 222 Å². The molecule has 0 atom stereocenters. The number of nitrogens with two attached hydrogens (primary N) is 1. The van der Waals surface area contributed by atoms with Crippen LogP contribution in [0.4, 0.5) is 22.7 Å². The highest BCUT2D eigenvalue weighted by Gasteiger charge is 2.34. The Morgan fingerprint density at radius 2 is 0.896 bits per heavy atom. The van der Waals surface area contributed by atoms with Crippen molar-refractivity contribution in [3.63, 3.8) is 0 Å². The zero-order valence-electron chi connectivity index (χ0n) is 62.7. The number of ether oxygens (including phenoxy) is 4. The maximum Gasteiger partial charge on any atom is 0.333 e. The van der Waals surface area contributed by atoms with Crippen LogP contribution in [0, 0.1) is 0 Å². The molecule has 0 bridgehead atoms. The Labute approximate surface area is 629 Å². The summed E-state index contributed by atoms with van der Waals surface area (Å²) in [6.45, 7) is 7.46. The molecule has 11 rings (SSSR count). The lowest BCUT2D eigenvalue weighted by Crippen LogP contribution is -3.00. The van der Waals surface area contributed by atoms with Crippen molar-refractivity contribution in [1.82, 2.24) is 24.0 Å². The summed E-state index contributed by atoms with van der Waals surface area (Å²) in [5, 5.41) is 4.53. The fourth-order valence-corrected chi connectivity index (χ4v) is 12.7. The molecule has 27 heteroatoms. The van der Waals surface area contributed by atoms with Gasteiger partial charge in [-0.1, -0.05) is 0 Å². The summed E-state index contributed by atoms with van der Waals surface area (Å²) in [5.74, 6) is 1.54. The van der Waals surface area contributed by atoms with E-state index in [0.717, 1.165) is 105 Å². The Hall–Kier alpha value is -10.8. The van der Waals surface area contributed by atoms with E-state index in [9.17, 15) is 38.4 Å². The van der Waals surface area contributed by atoms with Crippen LogP contribution in [0.5, 0.6) is 23.0 Å². The van der Waals surface area contributed by atoms with Crippen molar-refractivity contribution in [2.24, 2.45) is 5.73 Å². The molecule has 5 aliphatic heterocycles. The Kier molecular flexibility index (Phi) is 29.0. The number of carbonyl (C=O) groups excluding carboxylic acids is 8. The summed E-state index contributed by atoms with van der Waals surface area (Å²) < 4.78 is 41.1. The number of rotatable bonds is 27. The van der Waals surface area contributed by atoms with E-state index in [-0.39, 0.29) is 80.0 Å². The molecule has 2 aliphatic carbocycles. The van der Waals surface area contributed by atoms with Gasteiger partial charge in [0.25, 0.3) is 35.4 Å². The lowest BCUT2D eigenvalue weighted by molar-refractivity contribution is -0.197. The van der Waals surface area contributed by atoms with E-state index in [0.29, 0.717) is 99.4 Å². The van der Waals surface area contributed by atoms with Gasteiger partial charge in [0.1, 0.15) is 79.7 Å². The van der Waals surface area contributed by atoms with Gasteiger partial charge in [0.05, 0.1) is 51.9 Å². The number of halogens is 2. The normalized spacial score (nSPS) is 13.0. The largest absolute Gasteiger partial charge is 1.00 e. The smallest absolute Gasteiger partial charge is 0.333 e. The maximum absolute atomic E-state index is 12.7. The number of Topliss-reactive ketones (excluding diaryl/α,β-unsaturated/α-hetero) is 1. The molecule has 0 saturated carbocycles. The summed E-state index contributed by atoms with van der Waals surface area (Å²) >= 11 is 0. The van der Waals surface area contributed by atoms with Crippen molar-refractivity contribution in [3.8, 4) is 67.9 Å². The molecule has 0 spiro atoms. The Morgan fingerprint density at radius 1 is 0.500 bits per heavy atom.